The number of methoxy groups -OCH3 is 1. The number of carbonyl (C=O) groups excluding carboxylic acids is 4. The molecule has 1 N–H and O–H groups in total. The molecule has 0 unspecified atom stereocenters. The van der Waals surface area contributed by atoms with Gasteiger partial charge >= 0.3 is 12.0 Å². The summed E-state index contributed by atoms with van der Waals surface area (Å²) in [5.74, 6) is -2.99. The fourth-order valence-electron chi connectivity index (χ4n) is 4.17. The third-order valence-corrected chi connectivity index (χ3v) is 5.78. The van der Waals surface area contributed by atoms with Crippen LogP contribution in [0.25, 0.3) is 0 Å². The number of hydrogen-bond donors (Lipinski definition) is 1. The third kappa shape index (κ3) is 3.89. The average Bonchev–Trinajstić information content (AvgIpc) is 3.13. The predicted octanol–water partition coefficient (Wildman–Crippen LogP) is 3.71. The molecule has 2 atom stereocenters. The first-order chi connectivity index (χ1) is 16.0. The summed E-state index contributed by atoms with van der Waals surface area (Å²) in [7, 11) is 1.15. The zero-order valence-corrected chi connectivity index (χ0v) is 17.9. The Morgan fingerprint density at radius 3 is 2.00 bits per heavy atom. The van der Waals surface area contributed by atoms with Gasteiger partial charge in [-0.2, -0.15) is 0 Å². The molecule has 33 heavy (non-hydrogen) atoms. The monoisotopic (exact) mass is 442 g/mol. The second-order valence-electron chi connectivity index (χ2n) is 7.66. The maximum atomic E-state index is 13.8. The lowest BCUT2D eigenvalue weighted by Crippen LogP contribution is -2.59. The largest absolute Gasteiger partial charge is 0.467 e. The molecule has 1 saturated heterocycles. The summed E-state index contributed by atoms with van der Waals surface area (Å²) in [5, 5.41) is 2.58. The Kier molecular flexibility index (Phi) is 6.04. The molecule has 0 saturated carbocycles. The fraction of sp³-hybridized carbons (Fsp3) is 0.154. The SMILES string of the molecule is COC(=O)[C@@]1([C@@H](CC(=O)c2ccccc2)c2ccccc2)NC(=O)N(c2ccccc2)C1=O. The molecule has 0 aliphatic carbocycles. The molecule has 1 fully saturated rings. The minimum Gasteiger partial charge on any atom is -0.467 e. The molecule has 1 aliphatic rings. The minimum absolute atomic E-state index is 0.197. The van der Waals surface area contributed by atoms with Crippen molar-refractivity contribution in [2.45, 2.75) is 17.9 Å². The van der Waals surface area contributed by atoms with Crippen molar-refractivity contribution in [3.05, 3.63) is 102 Å². The molecule has 0 bridgehead atoms. The van der Waals surface area contributed by atoms with Crippen LogP contribution in [-0.2, 0) is 14.3 Å². The zero-order chi connectivity index (χ0) is 23.4. The van der Waals surface area contributed by atoms with Crippen LogP contribution < -0.4 is 10.2 Å². The molecular formula is C26H22N2O5. The summed E-state index contributed by atoms with van der Waals surface area (Å²) < 4.78 is 5.02. The standard InChI is InChI=1S/C26H22N2O5/c1-33-24(31)26(23(30)28(25(32)27-26)20-15-9-4-10-16-20)21(18-11-5-2-6-12-18)17-22(29)19-13-7-3-8-14-19/h2-16,21H,17H2,1H3,(H,27,32)/t21-,26-/m0/s1. The van der Waals surface area contributed by atoms with E-state index in [0.717, 1.165) is 12.0 Å². The highest BCUT2D eigenvalue weighted by Crippen LogP contribution is 2.39. The molecule has 3 amide bonds. The normalized spacial score (nSPS) is 18.5. The van der Waals surface area contributed by atoms with Crippen molar-refractivity contribution in [2.75, 3.05) is 12.0 Å². The van der Waals surface area contributed by atoms with E-state index in [9.17, 15) is 19.2 Å². The van der Waals surface area contributed by atoms with Crippen LogP contribution in [0, 0.1) is 0 Å². The van der Waals surface area contributed by atoms with Gasteiger partial charge < -0.3 is 10.1 Å². The molecule has 0 spiro atoms. The number of nitrogens with zero attached hydrogens (tertiary/aromatic N) is 1. The van der Waals surface area contributed by atoms with Gasteiger partial charge in [0.1, 0.15) is 0 Å². The number of urea groups is 1. The van der Waals surface area contributed by atoms with Crippen LogP contribution >= 0.6 is 0 Å². The first-order valence-electron chi connectivity index (χ1n) is 10.4. The number of ether oxygens (including phenoxy) is 1. The number of Topliss-reactive ketones (excluding diaryl/α,β-unsaturated/α-hetero) is 1. The van der Waals surface area contributed by atoms with Gasteiger partial charge in [0.15, 0.2) is 5.78 Å². The number of para-hydroxylation sites is 1. The highest BCUT2D eigenvalue weighted by Gasteiger charge is 2.63. The number of nitrogens with one attached hydrogen (secondary N) is 1. The molecule has 1 heterocycles. The number of imide groups is 1. The number of hydrogen-bond acceptors (Lipinski definition) is 5. The van der Waals surface area contributed by atoms with E-state index in [-0.39, 0.29) is 12.2 Å². The van der Waals surface area contributed by atoms with Gasteiger partial charge in [-0.25, -0.2) is 14.5 Å². The second kappa shape index (κ2) is 9.08. The van der Waals surface area contributed by atoms with Gasteiger partial charge in [0, 0.05) is 17.9 Å². The van der Waals surface area contributed by atoms with Crippen molar-refractivity contribution >= 4 is 29.4 Å². The number of esters is 1. The quantitative estimate of drug-likeness (QED) is 0.261. The summed E-state index contributed by atoms with van der Waals surface area (Å²) >= 11 is 0. The zero-order valence-electron chi connectivity index (χ0n) is 17.9. The number of amides is 3. The van der Waals surface area contributed by atoms with Gasteiger partial charge in [0.2, 0.25) is 5.54 Å². The summed E-state index contributed by atoms with van der Waals surface area (Å²) in [5.41, 5.74) is -0.800. The van der Waals surface area contributed by atoms with Crippen molar-refractivity contribution < 1.29 is 23.9 Å². The number of carbonyl (C=O) groups is 4. The van der Waals surface area contributed by atoms with E-state index in [1.165, 1.54) is 0 Å². The van der Waals surface area contributed by atoms with E-state index >= 15 is 0 Å². The first kappa shape index (κ1) is 22.0. The second-order valence-corrected chi connectivity index (χ2v) is 7.66. The van der Waals surface area contributed by atoms with Crippen molar-refractivity contribution in [1.82, 2.24) is 5.32 Å². The highest BCUT2D eigenvalue weighted by atomic mass is 16.5. The van der Waals surface area contributed by atoms with E-state index in [4.69, 9.17) is 4.74 Å². The number of rotatable bonds is 7. The van der Waals surface area contributed by atoms with Gasteiger partial charge in [-0.15, -0.1) is 0 Å². The van der Waals surface area contributed by atoms with Gasteiger partial charge in [-0.1, -0.05) is 78.9 Å². The average molecular weight is 442 g/mol. The van der Waals surface area contributed by atoms with E-state index < -0.39 is 29.4 Å². The molecule has 0 aromatic heterocycles. The Labute approximate surface area is 191 Å². The van der Waals surface area contributed by atoms with E-state index in [1.54, 1.807) is 91.0 Å². The Morgan fingerprint density at radius 1 is 0.879 bits per heavy atom. The topological polar surface area (TPSA) is 92.8 Å². The lowest BCUT2D eigenvalue weighted by Gasteiger charge is -2.32. The summed E-state index contributed by atoms with van der Waals surface area (Å²) in [4.78, 5) is 54.1. The van der Waals surface area contributed by atoms with Crippen LogP contribution in [0.2, 0.25) is 0 Å². The molecule has 3 aromatic rings. The smallest absolute Gasteiger partial charge is 0.342 e. The highest BCUT2D eigenvalue weighted by molar-refractivity contribution is 6.31. The van der Waals surface area contributed by atoms with Crippen molar-refractivity contribution in [1.29, 1.82) is 0 Å². The number of benzene rings is 3. The molecule has 166 valence electrons. The first-order valence-corrected chi connectivity index (χ1v) is 10.4. The maximum absolute atomic E-state index is 13.8. The van der Waals surface area contributed by atoms with Crippen LogP contribution in [0.3, 0.4) is 0 Å². The predicted molar refractivity (Wildman–Crippen MR) is 122 cm³/mol. The number of anilines is 1. The molecule has 0 radical (unpaired) electrons. The molecular weight excluding hydrogens is 420 g/mol. The summed E-state index contributed by atoms with van der Waals surface area (Å²) in [6.45, 7) is 0. The Balaban J connectivity index is 1.84. The Morgan fingerprint density at radius 2 is 1.42 bits per heavy atom. The van der Waals surface area contributed by atoms with Crippen LogP contribution in [0.5, 0.6) is 0 Å². The molecule has 3 aromatic carbocycles. The van der Waals surface area contributed by atoms with E-state index in [0.29, 0.717) is 16.8 Å². The minimum atomic E-state index is -2.10. The van der Waals surface area contributed by atoms with Crippen LogP contribution in [0.15, 0.2) is 91.0 Å². The van der Waals surface area contributed by atoms with Crippen LogP contribution in [0.4, 0.5) is 10.5 Å². The third-order valence-electron chi connectivity index (χ3n) is 5.78. The molecule has 7 nitrogen and oxygen atoms in total. The number of ketones is 1. The summed E-state index contributed by atoms with van der Waals surface area (Å²) in [6, 6.07) is 24.9. The lowest BCUT2D eigenvalue weighted by molar-refractivity contribution is -0.152. The van der Waals surface area contributed by atoms with Crippen molar-refractivity contribution in [2.24, 2.45) is 0 Å². The van der Waals surface area contributed by atoms with Crippen molar-refractivity contribution in [3.8, 4) is 0 Å². The molecule has 7 heteroatoms. The lowest BCUT2D eigenvalue weighted by atomic mass is 9.75. The van der Waals surface area contributed by atoms with Gasteiger partial charge in [0.05, 0.1) is 12.8 Å². The fourth-order valence-corrected chi connectivity index (χ4v) is 4.17. The maximum Gasteiger partial charge on any atom is 0.342 e. The van der Waals surface area contributed by atoms with Gasteiger partial charge in [-0.05, 0) is 17.7 Å². The van der Waals surface area contributed by atoms with E-state index in [1.807, 2.05) is 0 Å². The Bertz CT molecular complexity index is 1180. The van der Waals surface area contributed by atoms with Crippen molar-refractivity contribution in [3.63, 3.8) is 0 Å². The molecule has 4 rings (SSSR count). The van der Waals surface area contributed by atoms with Crippen LogP contribution in [0.1, 0.15) is 28.3 Å². The van der Waals surface area contributed by atoms with Gasteiger partial charge in [0.25, 0.3) is 5.91 Å². The molecule has 1 aliphatic heterocycles. The van der Waals surface area contributed by atoms with E-state index in [2.05, 4.69) is 5.32 Å². The summed E-state index contributed by atoms with van der Waals surface area (Å²) in [6.07, 6.45) is -0.197. The van der Waals surface area contributed by atoms with Gasteiger partial charge in [-0.3, -0.25) is 9.59 Å². The van der Waals surface area contributed by atoms with Crippen LogP contribution in [-0.4, -0.2) is 36.3 Å². The Hall–Kier alpha value is -4.26.